The van der Waals surface area contributed by atoms with Crippen molar-refractivity contribution in [2.45, 2.75) is 38.5 Å². The summed E-state index contributed by atoms with van der Waals surface area (Å²) < 4.78 is 19.3. The van der Waals surface area contributed by atoms with E-state index in [1.807, 2.05) is 24.3 Å². The summed E-state index contributed by atoms with van der Waals surface area (Å²) in [4.78, 5) is 11.5. The average Bonchev–Trinajstić information content (AvgIpc) is 3.09. The van der Waals surface area contributed by atoms with Crippen LogP contribution in [0.2, 0.25) is 0 Å². The maximum absolute atomic E-state index is 13.6. The molecule has 0 aliphatic heterocycles. The molecule has 0 unspecified atom stereocenters. The SMILES string of the molecule is NC(=O)[C@H]1CCC[C@H]1NCc1cccc(OCc2ccccc2F)c1. The van der Waals surface area contributed by atoms with Gasteiger partial charge >= 0.3 is 0 Å². The summed E-state index contributed by atoms with van der Waals surface area (Å²) in [7, 11) is 0. The summed E-state index contributed by atoms with van der Waals surface area (Å²) in [6, 6.07) is 14.4. The fourth-order valence-electron chi connectivity index (χ4n) is 3.32. The lowest BCUT2D eigenvalue weighted by Gasteiger charge is -2.18. The van der Waals surface area contributed by atoms with Gasteiger partial charge in [0, 0.05) is 18.2 Å². The number of carbonyl (C=O) groups is 1. The van der Waals surface area contributed by atoms with E-state index < -0.39 is 0 Å². The summed E-state index contributed by atoms with van der Waals surface area (Å²) in [5.41, 5.74) is 7.04. The molecule has 2 atom stereocenters. The van der Waals surface area contributed by atoms with Gasteiger partial charge in [0.15, 0.2) is 0 Å². The normalized spacial score (nSPS) is 19.7. The molecule has 1 aliphatic rings. The molecule has 1 fully saturated rings. The first-order valence-corrected chi connectivity index (χ1v) is 8.61. The summed E-state index contributed by atoms with van der Waals surface area (Å²) in [6.07, 6.45) is 2.85. The summed E-state index contributed by atoms with van der Waals surface area (Å²) in [6.45, 7) is 0.835. The van der Waals surface area contributed by atoms with Crippen LogP contribution in [0.1, 0.15) is 30.4 Å². The first-order valence-electron chi connectivity index (χ1n) is 8.61. The zero-order valence-corrected chi connectivity index (χ0v) is 14.1. The minimum atomic E-state index is -0.265. The lowest BCUT2D eigenvalue weighted by atomic mass is 10.0. The molecule has 5 heteroatoms. The van der Waals surface area contributed by atoms with Crippen molar-refractivity contribution in [1.82, 2.24) is 5.32 Å². The van der Waals surface area contributed by atoms with Crippen LogP contribution in [-0.2, 0) is 17.9 Å². The molecule has 4 nitrogen and oxygen atoms in total. The topological polar surface area (TPSA) is 64.4 Å². The van der Waals surface area contributed by atoms with E-state index in [1.54, 1.807) is 18.2 Å². The average molecular weight is 342 g/mol. The Labute approximate surface area is 147 Å². The Morgan fingerprint density at radius 2 is 2.04 bits per heavy atom. The van der Waals surface area contributed by atoms with E-state index in [0.717, 1.165) is 24.8 Å². The molecule has 0 radical (unpaired) electrons. The predicted molar refractivity (Wildman–Crippen MR) is 94.3 cm³/mol. The van der Waals surface area contributed by atoms with E-state index in [2.05, 4.69) is 5.32 Å². The molecular formula is C20H23FN2O2. The number of halogens is 1. The lowest BCUT2D eigenvalue weighted by Crippen LogP contribution is -2.38. The predicted octanol–water partition coefficient (Wildman–Crippen LogP) is 3.15. The number of carbonyl (C=O) groups excluding carboxylic acids is 1. The van der Waals surface area contributed by atoms with Crippen molar-refractivity contribution in [3.8, 4) is 5.75 Å². The van der Waals surface area contributed by atoms with Crippen molar-refractivity contribution in [2.75, 3.05) is 0 Å². The van der Waals surface area contributed by atoms with Crippen molar-refractivity contribution >= 4 is 5.91 Å². The molecule has 1 amide bonds. The summed E-state index contributed by atoms with van der Waals surface area (Å²) in [5, 5.41) is 3.42. The molecular weight excluding hydrogens is 319 g/mol. The third kappa shape index (κ3) is 4.57. The quantitative estimate of drug-likeness (QED) is 0.812. The van der Waals surface area contributed by atoms with Gasteiger partial charge in [0.05, 0.1) is 5.92 Å². The second-order valence-electron chi connectivity index (χ2n) is 6.45. The Kier molecular flexibility index (Phi) is 5.66. The van der Waals surface area contributed by atoms with Gasteiger partial charge in [-0.25, -0.2) is 4.39 Å². The maximum Gasteiger partial charge on any atom is 0.222 e. The molecule has 0 aromatic heterocycles. The van der Waals surface area contributed by atoms with Crippen LogP contribution < -0.4 is 15.8 Å². The standard InChI is InChI=1S/C20H23FN2O2/c21-18-9-2-1-6-15(18)13-25-16-7-3-5-14(11-16)12-23-19-10-4-8-17(19)20(22)24/h1-3,5-7,9,11,17,19,23H,4,8,10,12-13H2,(H2,22,24)/t17-,19+/m0/s1. The van der Waals surface area contributed by atoms with Crippen LogP contribution in [0.5, 0.6) is 5.75 Å². The van der Waals surface area contributed by atoms with Crippen LogP contribution in [0, 0.1) is 11.7 Å². The second-order valence-corrected chi connectivity index (χ2v) is 6.45. The van der Waals surface area contributed by atoms with Gasteiger partial charge < -0.3 is 15.8 Å². The van der Waals surface area contributed by atoms with Crippen LogP contribution in [-0.4, -0.2) is 11.9 Å². The Morgan fingerprint density at radius 1 is 1.20 bits per heavy atom. The Balaban J connectivity index is 1.56. The van der Waals surface area contributed by atoms with Crippen molar-refractivity contribution in [1.29, 1.82) is 0 Å². The second kappa shape index (κ2) is 8.12. The molecule has 0 saturated heterocycles. The fraction of sp³-hybridized carbons (Fsp3) is 0.350. The minimum absolute atomic E-state index is 0.0829. The Hall–Kier alpha value is -2.40. The largest absolute Gasteiger partial charge is 0.489 e. The highest BCUT2D eigenvalue weighted by atomic mass is 19.1. The van der Waals surface area contributed by atoms with Crippen LogP contribution in [0.3, 0.4) is 0 Å². The maximum atomic E-state index is 13.6. The first-order chi connectivity index (χ1) is 12.1. The molecule has 1 saturated carbocycles. The van der Waals surface area contributed by atoms with Crippen molar-refractivity contribution < 1.29 is 13.9 Å². The minimum Gasteiger partial charge on any atom is -0.489 e. The molecule has 1 aliphatic carbocycles. The Morgan fingerprint density at radius 3 is 2.84 bits per heavy atom. The molecule has 3 N–H and O–H groups in total. The molecule has 2 aromatic carbocycles. The monoisotopic (exact) mass is 342 g/mol. The molecule has 0 heterocycles. The number of nitrogens with one attached hydrogen (secondary N) is 1. The molecule has 25 heavy (non-hydrogen) atoms. The number of amides is 1. The number of primary amides is 1. The number of rotatable bonds is 7. The summed E-state index contributed by atoms with van der Waals surface area (Å²) >= 11 is 0. The van der Waals surface area contributed by atoms with E-state index in [4.69, 9.17) is 10.5 Å². The number of hydrogen-bond acceptors (Lipinski definition) is 3. The summed E-state index contributed by atoms with van der Waals surface area (Å²) in [5.74, 6) is 0.122. The number of benzene rings is 2. The van der Waals surface area contributed by atoms with Crippen LogP contribution >= 0.6 is 0 Å². The van der Waals surface area contributed by atoms with Gasteiger partial charge in [-0.05, 0) is 36.6 Å². The Bertz CT molecular complexity index is 735. The molecule has 2 aromatic rings. The van der Waals surface area contributed by atoms with E-state index in [0.29, 0.717) is 17.9 Å². The van der Waals surface area contributed by atoms with Gasteiger partial charge in [0.1, 0.15) is 18.2 Å². The van der Waals surface area contributed by atoms with Crippen molar-refractivity contribution in [2.24, 2.45) is 11.7 Å². The highest BCUT2D eigenvalue weighted by Crippen LogP contribution is 2.26. The zero-order chi connectivity index (χ0) is 17.6. The van der Waals surface area contributed by atoms with Crippen LogP contribution in [0.15, 0.2) is 48.5 Å². The van der Waals surface area contributed by atoms with Gasteiger partial charge in [-0.1, -0.05) is 36.8 Å². The molecule has 0 bridgehead atoms. The molecule has 132 valence electrons. The van der Waals surface area contributed by atoms with Gasteiger partial charge in [-0.3, -0.25) is 4.79 Å². The lowest BCUT2D eigenvalue weighted by molar-refractivity contribution is -0.122. The van der Waals surface area contributed by atoms with Gasteiger partial charge in [0.25, 0.3) is 0 Å². The highest BCUT2D eigenvalue weighted by molar-refractivity contribution is 5.77. The zero-order valence-electron chi connectivity index (χ0n) is 14.1. The first kappa shape index (κ1) is 17.4. The van der Waals surface area contributed by atoms with Gasteiger partial charge in [-0.15, -0.1) is 0 Å². The third-order valence-corrected chi connectivity index (χ3v) is 4.70. The smallest absolute Gasteiger partial charge is 0.222 e. The number of ether oxygens (including phenoxy) is 1. The third-order valence-electron chi connectivity index (χ3n) is 4.70. The van der Waals surface area contributed by atoms with Gasteiger partial charge in [0.2, 0.25) is 5.91 Å². The van der Waals surface area contributed by atoms with Crippen LogP contribution in [0.4, 0.5) is 4.39 Å². The molecule has 3 rings (SSSR count). The van der Waals surface area contributed by atoms with E-state index in [-0.39, 0.29) is 30.3 Å². The van der Waals surface area contributed by atoms with E-state index in [1.165, 1.54) is 6.07 Å². The van der Waals surface area contributed by atoms with Gasteiger partial charge in [-0.2, -0.15) is 0 Å². The highest BCUT2D eigenvalue weighted by Gasteiger charge is 2.30. The number of nitrogens with two attached hydrogens (primary N) is 1. The fourth-order valence-corrected chi connectivity index (χ4v) is 3.32. The van der Waals surface area contributed by atoms with Crippen LogP contribution in [0.25, 0.3) is 0 Å². The molecule has 0 spiro atoms. The van der Waals surface area contributed by atoms with E-state index in [9.17, 15) is 9.18 Å². The number of hydrogen-bond donors (Lipinski definition) is 2. The van der Waals surface area contributed by atoms with Crippen molar-refractivity contribution in [3.05, 3.63) is 65.5 Å². The van der Waals surface area contributed by atoms with Crippen molar-refractivity contribution in [3.63, 3.8) is 0 Å². The van der Waals surface area contributed by atoms with E-state index >= 15 is 0 Å².